The third kappa shape index (κ3) is 1.82. The van der Waals surface area contributed by atoms with Gasteiger partial charge in [0.05, 0.1) is 17.2 Å². The van der Waals surface area contributed by atoms with Crippen molar-refractivity contribution in [3.63, 3.8) is 0 Å². The minimum atomic E-state index is -1.02. The maximum Gasteiger partial charge on any atom is 0.327 e. The molecule has 1 unspecified atom stereocenters. The highest BCUT2D eigenvalue weighted by Crippen LogP contribution is 2.20. The first-order valence-corrected chi connectivity index (χ1v) is 5.29. The summed E-state index contributed by atoms with van der Waals surface area (Å²) >= 11 is 0. The monoisotopic (exact) mass is 235 g/mol. The van der Waals surface area contributed by atoms with Gasteiger partial charge in [0.15, 0.2) is 0 Å². The van der Waals surface area contributed by atoms with Gasteiger partial charge in [-0.3, -0.25) is 9.55 Å². The topological polar surface area (TPSA) is 88.0 Å². The molecule has 2 heterocycles. The molecule has 6 heteroatoms. The van der Waals surface area contributed by atoms with Crippen molar-refractivity contribution in [1.29, 1.82) is 0 Å². The second kappa shape index (κ2) is 4.04. The van der Waals surface area contributed by atoms with E-state index < -0.39 is 17.7 Å². The quantitative estimate of drug-likeness (QED) is 0.830. The molecule has 0 aliphatic rings. The van der Waals surface area contributed by atoms with E-state index in [4.69, 9.17) is 0 Å². The Balaban J connectivity index is 2.72. The van der Waals surface area contributed by atoms with Crippen LogP contribution in [-0.4, -0.2) is 25.6 Å². The number of nitrogens with one attached hydrogen (secondary N) is 1. The van der Waals surface area contributed by atoms with Crippen LogP contribution in [0.25, 0.3) is 11.0 Å². The van der Waals surface area contributed by atoms with Crippen LogP contribution in [0, 0.1) is 5.92 Å². The van der Waals surface area contributed by atoms with Crippen molar-refractivity contribution in [1.82, 2.24) is 14.5 Å². The molecule has 2 rings (SSSR count). The first-order chi connectivity index (χ1) is 8.02. The van der Waals surface area contributed by atoms with E-state index in [0.29, 0.717) is 11.0 Å². The molecule has 0 aliphatic carbocycles. The Labute approximate surface area is 96.9 Å². The number of carbonyl (C=O) groups is 1. The van der Waals surface area contributed by atoms with E-state index in [0.717, 1.165) is 0 Å². The number of fused-ring (bicyclic) bond motifs is 1. The zero-order valence-corrected chi connectivity index (χ0v) is 9.54. The van der Waals surface area contributed by atoms with Crippen LogP contribution in [0.5, 0.6) is 0 Å². The van der Waals surface area contributed by atoms with Gasteiger partial charge in [0, 0.05) is 6.20 Å². The number of hydrogen-bond donors (Lipinski definition) is 2. The van der Waals surface area contributed by atoms with E-state index in [1.54, 1.807) is 26.1 Å². The van der Waals surface area contributed by atoms with Gasteiger partial charge < -0.3 is 10.1 Å². The van der Waals surface area contributed by atoms with E-state index in [2.05, 4.69) is 9.97 Å². The van der Waals surface area contributed by atoms with E-state index in [1.807, 2.05) is 0 Å². The summed E-state index contributed by atoms with van der Waals surface area (Å²) in [5.74, 6) is -1.21. The predicted octanol–water partition coefficient (Wildman–Crippen LogP) is 1.01. The molecule has 0 saturated heterocycles. The Morgan fingerprint density at radius 1 is 1.53 bits per heavy atom. The van der Waals surface area contributed by atoms with E-state index in [1.165, 1.54) is 10.8 Å². The third-order valence-corrected chi connectivity index (χ3v) is 2.68. The molecule has 0 spiro atoms. The van der Waals surface area contributed by atoms with Crippen molar-refractivity contribution in [2.24, 2.45) is 5.92 Å². The molecule has 0 amide bonds. The van der Waals surface area contributed by atoms with E-state index in [9.17, 15) is 14.7 Å². The minimum absolute atomic E-state index is 0.190. The molecule has 17 heavy (non-hydrogen) atoms. The lowest BCUT2D eigenvalue weighted by Gasteiger charge is -2.17. The van der Waals surface area contributed by atoms with Gasteiger partial charge >= 0.3 is 11.7 Å². The van der Waals surface area contributed by atoms with Gasteiger partial charge in [0.1, 0.15) is 6.04 Å². The van der Waals surface area contributed by atoms with Gasteiger partial charge in [-0.2, -0.15) is 0 Å². The average Bonchev–Trinajstić information content (AvgIpc) is 2.55. The van der Waals surface area contributed by atoms with E-state index >= 15 is 0 Å². The van der Waals surface area contributed by atoms with Gasteiger partial charge in [-0.25, -0.2) is 9.59 Å². The molecule has 2 aromatic heterocycles. The van der Waals surface area contributed by atoms with Crippen molar-refractivity contribution in [3.8, 4) is 0 Å². The fraction of sp³-hybridized carbons (Fsp3) is 0.364. The van der Waals surface area contributed by atoms with Crippen LogP contribution in [-0.2, 0) is 4.79 Å². The van der Waals surface area contributed by atoms with Crippen molar-refractivity contribution in [2.75, 3.05) is 0 Å². The van der Waals surface area contributed by atoms with E-state index in [-0.39, 0.29) is 5.92 Å². The van der Waals surface area contributed by atoms with Crippen LogP contribution in [0.15, 0.2) is 23.3 Å². The Bertz CT molecular complexity index is 612. The number of carboxylic acids is 1. The lowest BCUT2D eigenvalue weighted by atomic mass is 10.0. The SMILES string of the molecule is CC(C)C(C(=O)O)n1c(=O)[nH]c2ccncc21. The summed E-state index contributed by atoms with van der Waals surface area (Å²) in [6, 6.07) is 0.757. The molecule has 90 valence electrons. The highest BCUT2D eigenvalue weighted by atomic mass is 16.4. The Morgan fingerprint density at radius 3 is 2.82 bits per heavy atom. The molecule has 1 atom stereocenters. The summed E-state index contributed by atoms with van der Waals surface area (Å²) < 4.78 is 1.25. The summed E-state index contributed by atoms with van der Waals surface area (Å²) in [6.07, 6.45) is 3.04. The molecule has 0 radical (unpaired) electrons. The van der Waals surface area contributed by atoms with Gasteiger partial charge in [0.25, 0.3) is 0 Å². The van der Waals surface area contributed by atoms with Crippen molar-refractivity contribution < 1.29 is 9.90 Å². The second-order valence-electron chi connectivity index (χ2n) is 4.22. The highest BCUT2D eigenvalue weighted by Gasteiger charge is 2.27. The predicted molar refractivity (Wildman–Crippen MR) is 61.9 cm³/mol. The number of H-pyrrole nitrogens is 1. The Hall–Kier alpha value is -2.11. The summed E-state index contributed by atoms with van der Waals surface area (Å²) in [5, 5.41) is 9.21. The fourth-order valence-electron chi connectivity index (χ4n) is 1.94. The standard InChI is InChI=1S/C11H13N3O3/c1-6(2)9(10(15)16)14-8-5-12-4-3-7(8)13-11(14)17/h3-6,9H,1-2H3,(H,13,17)(H,15,16). The van der Waals surface area contributed by atoms with Crippen LogP contribution in [0.2, 0.25) is 0 Å². The number of hydrogen-bond acceptors (Lipinski definition) is 3. The number of rotatable bonds is 3. The zero-order chi connectivity index (χ0) is 12.6. The van der Waals surface area contributed by atoms with Gasteiger partial charge in [-0.1, -0.05) is 13.8 Å². The number of nitrogens with zero attached hydrogens (tertiary/aromatic N) is 2. The summed E-state index contributed by atoms with van der Waals surface area (Å²) in [4.78, 5) is 29.6. The third-order valence-electron chi connectivity index (χ3n) is 2.68. The van der Waals surface area contributed by atoms with Crippen LogP contribution in [0.1, 0.15) is 19.9 Å². The molecule has 2 aromatic rings. The van der Waals surface area contributed by atoms with Crippen LogP contribution < -0.4 is 5.69 Å². The first-order valence-electron chi connectivity index (χ1n) is 5.29. The van der Waals surface area contributed by atoms with Gasteiger partial charge in [-0.05, 0) is 12.0 Å². The minimum Gasteiger partial charge on any atom is -0.480 e. The molecule has 0 aromatic carbocycles. The van der Waals surface area contributed by atoms with Gasteiger partial charge in [-0.15, -0.1) is 0 Å². The molecule has 0 fully saturated rings. The number of aliphatic carboxylic acids is 1. The van der Waals surface area contributed by atoms with Crippen LogP contribution >= 0.6 is 0 Å². The first kappa shape index (κ1) is 11.4. The fourth-order valence-corrected chi connectivity index (χ4v) is 1.94. The molecular formula is C11H13N3O3. The Kier molecular flexibility index (Phi) is 2.71. The largest absolute Gasteiger partial charge is 0.480 e. The maximum absolute atomic E-state index is 11.8. The second-order valence-corrected chi connectivity index (χ2v) is 4.22. The number of aromatic amines is 1. The molecule has 0 saturated carbocycles. The summed E-state index contributed by atoms with van der Waals surface area (Å²) in [5.41, 5.74) is 0.685. The molecule has 0 aliphatic heterocycles. The zero-order valence-electron chi connectivity index (χ0n) is 9.54. The van der Waals surface area contributed by atoms with Crippen molar-refractivity contribution >= 4 is 17.0 Å². The molecule has 2 N–H and O–H groups in total. The van der Waals surface area contributed by atoms with Gasteiger partial charge in [0.2, 0.25) is 0 Å². The number of pyridine rings is 1. The number of aromatic nitrogens is 3. The van der Waals surface area contributed by atoms with Crippen molar-refractivity contribution in [2.45, 2.75) is 19.9 Å². The summed E-state index contributed by atoms with van der Waals surface area (Å²) in [6.45, 7) is 3.53. The molecule has 0 bridgehead atoms. The maximum atomic E-state index is 11.8. The lowest BCUT2D eigenvalue weighted by molar-refractivity contribution is -0.142. The normalized spacial score (nSPS) is 13.1. The molecule has 6 nitrogen and oxygen atoms in total. The molecular weight excluding hydrogens is 222 g/mol. The smallest absolute Gasteiger partial charge is 0.327 e. The van der Waals surface area contributed by atoms with Crippen LogP contribution in [0.3, 0.4) is 0 Å². The number of carboxylic acid groups (broad SMARTS) is 1. The van der Waals surface area contributed by atoms with Crippen LogP contribution in [0.4, 0.5) is 0 Å². The highest BCUT2D eigenvalue weighted by molar-refractivity contribution is 5.79. The average molecular weight is 235 g/mol. The Morgan fingerprint density at radius 2 is 2.24 bits per heavy atom. The number of imidazole rings is 1. The van der Waals surface area contributed by atoms with Crippen molar-refractivity contribution in [3.05, 3.63) is 28.9 Å². The lowest BCUT2D eigenvalue weighted by Crippen LogP contribution is -2.31. The summed E-state index contributed by atoms with van der Waals surface area (Å²) in [7, 11) is 0.